The number of benzene rings is 1. The highest BCUT2D eigenvalue weighted by Crippen LogP contribution is 2.30. The fraction of sp³-hybridized carbons (Fsp3) is 0.375. The zero-order chi connectivity index (χ0) is 14.5. The van der Waals surface area contributed by atoms with Crippen LogP contribution in [0.15, 0.2) is 30.3 Å². The van der Waals surface area contributed by atoms with Crippen molar-refractivity contribution in [2.24, 2.45) is 0 Å². The predicted octanol–water partition coefficient (Wildman–Crippen LogP) is 3.00. The van der Waals surface area contributed by atoms with Gasteiger partial charge in [0, 0.05) is 12.1 Å². The van der Waals surface area contributed by atoms with Crippen LogP contribution in [-0.4, -0.2) is 24.4 Å². The highest BCUT2D eigenvalue weighted by Gasteiger charge is 2.10. The largest absolute Gasteiger partial charge is 0.496 e. The zero-order valence-corrected chi connectivity index (χ0v) is 12.5. The minimum absolute atomic E-state index is 0.404. The van der Waals surface area contributed by atoms with E-state index in [-0.39, 0.29) is 0 Å². The summed E-state index contributed by atoms with van der Waals surface area (Å²) < 4.78 is 5.40. The Morgan fingerprint density at radius 1 is 1.15 bits per heavy atom. The van der Waals surface area contributed by atoms with Gasteiger partial charge < -0.3 is 10.1 Å². The van der Waals surface area contributed by atoms with Crippen LogP contribution in [0.2, 0.25) is 0 Å². The van der Waals surface area contributed by atoms with Gasteiger partial charge in [0.25, 0.3) is 0 Å². The molecule has 0 aliphatic carbocycles. The molecule has 1 aromatic heterocycles. The van der Waals surface area contributed by atoms with Gasteiger partial charge in [-0.1, -0.05) is 13.8 Å². The van der Waals surface area contributed by atoms with Crippen LogP contribution < -0.4 is 10.1 Å². The highest BCUT2D eigenvalue weighted by atomic mass is 16.5. The molecule has 0 amide bonds. The summed E-state index contributed by atoms with van der Waals surface area (Å²) in [5, 5.41) is 11.6. The second kappa shape index (κ2) is 6.48. The molecule has 0 aliphatic heterocycles. The SMILES string of the molecule is CNCc1ccc(-c2ccc(OC)c(C(C)C)c2)nn1. The maximum Gasteiger partial charge on any atom is 0.122 e. The van der Waals surface area contributed by atoms with Crippen molar-refractivity contribution in [2.75, 3.05) is 14.2 Å². The first kappa shape index (κ1) is 14.5. The van der Waals surface area contributed by atoms with Crippen LogP contribution in [0.25, 0.3) is 11.3 Å². The molecule has 0 bridgehead atoms. The van der Waals surface area contributed by atoms with Gasteiger partial charge in [-0.05, 0) is 48.9 Å². The molecule has 2 rings (SSSR count). The van der Waals surface area contributed by atoms with Crippen LogP contribution in [0.3, 0.4) is 0 Å². The van der Waals surface area contributed by atoms with Crippen molar-refractivity contribution in [2.45, 2.75) is 26.3 Å². The molecule has 1 N–H and O–H groups in total. The number of nitrogens with one attached hydrogen (secondary N) is 1. The molecule has 0 unspecified atom stereocenters. The van der Waals surface area contributed by atoms with Gasteiger partial charge in [-0.15, -0.1) is 0 Å². The van der Waals surface area contributed by atoms with Gasteiger partial charge in [0.05, 0.1) is 18.5 Å². The van der Waals surface area contributed by atoms with E-state index in [2.05, 4.69) is 35.4 Å². The molecule has 0 saturated heterocycles. The standard InChI is InChI=1S/C16H21N3O/c1-11(2)14-9-12(5-8-16(14)20-4)15-7-6-13(10-17-3)18-19-15/h5-9,11,17H,10H2,1-4H3. The van der Waals surface area contributed by atoms with Crippen LogP contribution in [0, 0.1) is 0 Å². The van der Waals surface area contributed by atoms with Crippen molar-refractivity contribution in [1.29, 1.82) is 0 Å². The van der Waals surface area contributed by atoms with E-state index < -0.39 is 0 Å². The molecule has 4 nitrogen and oxygen atoms in total. The van der Waals surface area contributed by atoms with E-state index in [1.54, 1.807) is 7.11 Å². The minimum Gasteiger partial charge on any atom is -0.496 e. The number of hydrogen-bond acceptors (Lipinski definition) is 4. The molecule has 1 heterocycles. The Hall–Kier alpha value is -1.94. The molecular weight excluding hydrogens is 250 g/mol. The zero-order valence-electron chi connectivity index (χ0n) is 12.5. The molecule has 0 saturated carbocycles. The third-order valence-corrected chi connectivity index (χ3v) is 3.23. The van der Waals surface area contributed by atoms with E-state index in [0.717, 1.165) is 29.2 Å². The van der Waals surface area contributed by atoms with Crippen LogP contribution in [0.1, 0.15) is 31.0 Å². The average molecular weight is 271 g/mol. The highest BCUT2D eigenvalue weighted by molar-refractivity contribution is 5.62. The molecule has 4 heteroatoms. The molecule has 0 fully saturated rings. The van der Waals surface area contributed by atoms with Crippen molar-refractivity contribution >= 4 is 0 Å². The molecule has 106 valence electrons. The summed E-state index contributed by atoms with van der Waals surface area (Å²) in [6.45, 7) is 5.04. The molecule has 0 atom stereocenters. The van der Waals surface area contributed by atoms with E-state index in [1.165, 1.54) is 5.56 Å². The Labute approximate surface area is 120 Å². The number of aromatic nitrogens is 2. The van der Waals surface area contributed by atoms with Gasteiger partial charge in [-0.2, -0.15) is 10.2 Å². The first-order valence-corrected chi connectivity index (χ1v) is 6.81. The molecule has 0 radical (unpaired) electrons. The quantitative estimate of drug-likeness (QED) is 0.908. The van der Waals surface area contributed by atoms with Crippen LogP contribution in [0.4, 0.5) is 0 Å². The van der Waals surface area contributed by atoms with Crippen molar-refractivity contribution in [3.8, 4) is 17.0 Å². The Bertz CT molecular complexity index is 564. The smallest absolute Gasteiger partial charge is 0.122 e. The summed E-state index contributed by atoms with van der Waals surface area (Å²) in [5.74, 6) is 1.32. The van der Waals surface area contributed by atoms with Gasteiger partial charge in [0.2, 0.25) is 0 Å². The van der Waals surface area contributed by atoms with Crippen LogP contribution in [0.5, 0.6) is 5.75 Å². The number of hydrogen-bond donors (Lipinski definition) is 1. The summed E-state index contributed by atoms with van der Waals surface area (Å²) in [7, 11) is 3.60. The summed E-state index contributed by atoms with van der Waals surface area (Å²) in [6.07, 6.45) is 0. The van der Waals surface area contributed by atoms with Crippen molar-refractivity contribution in [1.82, 2.24) is 15.5 Å². The Morgan fingerprint density at radius 2 is 1.95 bits per heavy atom. The van der Waals surface area contributed by atoms with Gasteiger partial charge in [-0.25, -0.2) is 0 Å². The third kappa shape index (κ3) is 3.14. The minimum atomic E-state index is 0.404. The van der Waals surface area contributed by atoms with Crippen LogP contribution in [-0.2, 0) is 6.54 Å². The normalized spacial score (nSPS) is 10.8. The van der Waals surface area contributed by atoms with Crippen molar-refractivity contribution < 1.29 is 4.74 Å². The van der Waals surface area contributed by atoms with E-state index >= 15 is 0 Å². The van der Waals surface area contributed by atoms with Gasteiger partial charge >= 0.3 is 0 Å². The average Bonchev–Trinajstić information content (AvgIpc) is 2.47. The monoisotopic (exact) mass is 271 g/mol. The van der Waals surface area contributed by atoms with Gasteiger partial charge in [0.1, 0.15) is 5.75 Å². The van der Waals surface area contributed by atoms with Crippen molar-refractivity contribution in [3.05, 3.63) is 41.6 Å². The fourth-order valence-corrected chi connectivity index (χ4v) is 2.13. The second-order valence-electron chi connectivity index (χ2n) is 5.05. The van der Waals surface area contributed by atoms with E-state index in [4.69, 9.17) is 4.74 Å². The molecule has 0 aliphatic rings. The summed E-state index contributed by atoms with van der Waals surface area (Å²) in [5.41, 5.74) is 4.08. The van der Waals surface area contributed by atoms with E-state index in [1.807, 2.05) is 31.3 Å². The second-order valence-corrected chi connectivity index (χ2v) is 5.05. The maximum absolute atomic E-state index is 5.40. The van der Waals surface area contributed by atoms with E-state index in [0.29, 0.717) is 5.92 Å². The summed E-state index contributed by atoms with van der Waals surface area (Å²) >= 11 is 0. The Balaban J connectivity index is 2.35. The van der Waals surface area contributed by atoms with Crippen LogP contribution >= 0.6 is 0 Å². The lowest BCUT2D eigenvalue weighted by atomic mass is 9.98. The Kier molecular flexibility index (Phi) is 4.69. The molecule has 20 heavy (non-hydrogen) atoms. The molecule has 2 aromatic rings. The topological polar surface area (TPSA) is 47.0 Å². The summed E-state index contributed by atoms with van der Waals surface area (Å²) in [6, 6.07) is 10.1. The number of rotatable bonds is 5. The molecule has 0 spiro atoms. The first-order valence-electron chi connectivity index (χ1n) is 6.81. The number of nitrogens with zero attached hydrogens (tertiary/aromatic N) is 2. The number of ether oxygens (including phenoxy) is 1. The molecular formula is C16H21N3O. The maximum atomic E-state index is 5.40. The molecule has 1 aromatic carbocycles. The lowest BCUT2D eigenvalue weighted by Crippen LogP contribution is -2.07. The van der Waals surface area contributed by atoms with Crippen molar-refractivity contribution in [3.63, 3.8) is 0 Å². The lowest BCUT2D eigenvalue weighted by Gasteiger charge is -2.13. The number of methoxy groups -OCH3 is 1. The first-order chi connectivity index (χ1) is 9.65. The summed E-state index contributed by atoms with van der Waals surface area (Å²) in [4.78, 5) is 0. The van der Waals surface area contributed by atoms with Gasteiger partial charge in [0.15, 0.2) is 0 Å². The van der Waals surface area contributed by atoms with Gasteiger partial charge in [-0.3, -0.25) is 0 Å². The predicted molar refractivity (Wildman–Crippen MR) is 80.9 cm³/mol. The lowest BCUT2D eigenvalue weighted by molar-refractivity contribution is 0.407. The van der Waals surface area contributed by atoms with E-state index in [9.17, 15) is 0 Å². The fourth-order valence-electron chi connectivity index (χ4n) is 2.13. The third-order valence-electron chi connectivity index (χ3n) is 3.23. The Morgan fingerprint density at radius 3 is 2.50 bits per heavy atom.